The van der Waals surface area contributed by atoms with Gasteiger partial charge in [0, 0.05) is 5.56 Å². The number of aromatic nitrogens is 1. The van der Waals surface area contributed by atoms with E-state index >= 15 is 0 Å². The van der Waals surface area contributed by atoms with Crippen LogP contribution in [0.4, 0.5) is 0 Å². The number of benzene rings is 1. The molecule has 0 spiro atoms. The molecular formula is C10H11NOS. The van der Waals surface area contributed by atoms with Gasteiger partial charge in [-0.05, 0) is 25.5 Å². The number of hydrogen-bond donors (Lipinski definition) is 0. The molecule has 0 aliphatic heterocycles. The first-order valence-corrected chi connectivity index (χ1v) is 4.99. The molecule has 13 heavy (non-hydrogen) atoms. The van der Waals surface area contributed by atoms with Crippen LogP contribution in [-0.4, -0.2) is 12.1 Å². The molecule has 0 fully saturated rings. The number of ether oxygens (including phenoxy) is 1. The lowest BCUT2D eigenvalue weighted by atomic mass is 10.1. The van der Waals surface area contributed by atoms with Crippen LogP contribution in [0, 0.1) is 13.8 Å². The number of nitrogens with zero attached hydrogens (tertiary/aromatic N) is 1. The van der Waals surface area contributed by atoms with Crippen LogP contribution < -0.4 is 4.74 Å². The van der Waals surface area contributed by atoms with E-state index in [0.717, 1.165) is 16.8 Å². The molecule has 0 atom stereocenters. The summed E-state index contributed by atoms with van der Waals surface area (Å²) in [5, 5.41) is 0. The lowest BCUT2D eigenvalue weighted by Crippen LogP contribution is -1.89. The molecule has 0 amide bonds. The Hall–Kier alpha value is -1.09. The molecule has 0 bridgehead atoms. The van der Waals surface area contributed by atoms with Crippen molar-refractivity contribution in [3.63, 3.8) is 0 Å². The summed E-state index contributed by atoms with van der Waals surface area (Å²) in [5.41, 5.74) is 5.32. The highest BCUT2D eigenvalue weighted by atomic mass is 32.1. The van der Waals surface area contributed by atoms with Crippen LogP contribution in [0.5, 0.6) is 5.75 Å². The number of rotatable bonds is 1. The van der Waals surface area contributed by atoms with Crippen molar-refractivity contribution in [2.45, 2.75) is 13.8 Å². The van der Waals surface area contributed by atoms with Gasteiger partial charge in [0.25, 0.3) is 0 Å². The second-order valence-electron chi connectivity index (χ2n) is 3.05. The minimum Gasteiger partial charge on any atom is -0.496 e. The molecule has 1 aromatic heterocycles. The zero-order chi connectivity index (χ0) is 9.42. The van der Waals surface area contributed by atoms with Gasteiger partial charge in [0.15, 0.2) is 0 Å². The van der Waals surface area contributed by atoms with Crippen LogP contribution in [0.3, 0.4) is 0 Å². The van der Waals surface area contributed by atoms with Crippen LogP contribution in [-0.2, 0) is 0 Å². The zero-order valence-corrected chi connectivity index (χ0v) is 8.73. The van der Waals surface area contributed by atoms with Gasteiger partial charge in [0.2, 0.25) is 0 Å². The Labute approximate surface area is 81.2 Å². The van der Waals surface area contributed by atoms with Gasteiger partial charge in [-0.2, -0.15) is 0 Å². The second kappa shape index (κ2) is 3.00. The quantitative estimate of drug-likeness (QED) is 0.694. The van der Waals surface area contributed by atoms with E-state index in [-0.39, 0.29) is 0 Å². The molecule has 0 N–H and O–H groups in total. The average Bonchev–Trinajstić information content (AvgIpc) is 2.60. The molecule has 2 rings (SSSR count). The third kappa shape index (κ3) is 1.20. The SMILES string of the molecule is COc1cc(C)c2scnc2c1C. The molecule has 0 aliphatic rings. The van der Waals surface area contributed by atoms with Crippen molar-refractivity contribution in [3.05, 3.63) is 22.7 Å². The lowest BCUT2D eigenvalue weighted by molar-refractivity contribution is 0.412. The number of methoxy groups -OCH3 is 1. The van der Waals surface area contributed by atoms with E-state index in [1.165, 1.54) is 10.3 Å². The molecule has 0 radical (unpaired) electrons. The smallest absolute Gasteiger partial charge is 0.124 e. The summed E-state index contributed by atoms with van der Waals surface area (Å²) in [6, 6.07) is 2.07. The Balaban J connectivity index is 2.85. The third-order valence-corrected chi connectivity index (χ3v) is 3.18. The van der Waals surface area contributed by atoms with Gasteiger partial charge < -0.3 is 4.74 Å². The average molecular weight is 193 g/mol. The third-order valence-electron chi connectivity index (χ3n) is 2.22. The summed E-state index contributed by atoms with van der Waals surface area (Å²) in [5.74, 6) is 0.927. The van der Waals surface area contributed by atoms with Crippen LogP contribution in [0.1, 0.15) is 11.1 Å². The van der Waals surface area contributed by atoms with Gasteiger partial charge in [-0.3, -0.25) is 0 Å². The van der Waals surface area contributed by atoms with Gasteiger partial charge in [0.1, 0.15) is 5.75 Å². The summed E-state index contributed by atoms with van der Waals surface area (Å²) >= 11 is 1.68. The lowest BCUT2D eigenvalue weighted by Gasteiger charge is -2.06. The van der Waals surface area contributed by atoms with E-state index in [9.17, 15) is 0 Å². The summed E-state index contributed by atoms with van der Waals surface area (Å²) in [7, 11) is 1.69. The van der Waals surface area contributed by atoms with E-state index in [1.54, 1.807) is 18.4 Å². The predicted octanol–water partition coefficient (Wildman–Crippen LogP) is 2.92. The van der Waals surface area contributed by atoms with E-state index in [0.29, 0.717) is 0 Å². The molecule has 1 heterocycles. The molecule has 0 unspecified atom stereocenters. The fourth-order valence-electron chi connectivity index (χ4n) is 1.49. The van der Waals surface area contributed by atoms with Crippen molar-refractivity contribution in [3.8, 4) is 5.75 Å². The highest BCUT2D eigenvalue weighted by Gasteiger charge is 2.08. The van der Waals surface area contributed by atoms with Crippen LogP contribution in [0.2, 0.25) is 0 Å². The Bertz CT molecular complexity index is 447. The summed E-state index contributed by atoms with van der Waals surface area (Å²) in [6.45, 7) is 4.13. The van der Waals surface area contributed by atoms with Crippen molar-refractivity contribution in [1.29, 1.82) is 0 Å². The Morgan fingerprint density at radius 3 is 2.85 bits per heavy atom. The van der Waals surface area contributed by atoms with E-state index < -0.39 is 0 Å². The van der Waals surface area contributed by atoms with Crippen molar-refractivity contribution in [1.82, 2.24) is 4.98 Å². The first-order chi connectivity index (χ1) is 6.24. The molecular weight excluding hydrogens is 182 g/mol. The van der Waals surface area contributed by atoms with E-state index in [1.807, 2.05) is 12.4 Å². The second-order valence-corrected chi connectivity index (χ2v) is 3.91. The van der Waals surface area contributed by atoms with Crippen LogP contribution in [0.15, 0.2) is 11.6 Å². The number of thiazole rings is 1. The zero-order valence-electron chi connectivity index (χ0n) is 7.92. The molecule has 2 nitrogen and oxygen atoms in total. The normalized spacial score (nSPS) is 10.7. The van der Waals surface area contributed by atoms with Crippen molar-refractivity contribution in [2.75, 3.05) is 7.11 Å². The maximum Gasteiger partial charge on any atom is 0.124 e. The maximum atomic E-state index is 5.27. The molecule has 2 aromatic rings. The first kappa shape index (κ1) is 8.51. The molecule has 0 saturated carbocycles. The van der Waals surface area contributed by atoms with Crippen LogP contribution >= 0.6 is 11.3 Å². The number of hydrogen-bond acceptors (Lipinski definition) is 3. The summed E-state index contributed by atoms with van der Waals surface area (Å²) in [4.78, 5) is 4.33. The fourth-order valence-corrected chi connectivity index (χ4v) is 2.32. The fraction of sp³-hybridized carbons (Fsp3) is 0.300. The van der Waals surface area contributed by atoms with Crippen molar-refractivity contribution >= 4 is 21.6 Å². The molecule has 3 heteroatoms. The Kier molecular flexibility index (Phi) is 1.96. The minimum absolute atomic E-state index is 0.927. The number of fused-ring (bicyclic) bond motifs is 1. The van der Waals surface area contributed by atoms with Gasteiger partial charge in [-0.15, -0.1) is 11.3 Å². The Morgan fingerprint density at radius 1 is 1.38 bits per heavy atom. The van der Waals surface area contributed by atoms with Gasteiger partial charge in [-0.25, -0.2) is 4.98 Å². The number of aryl methyl sites for hydroxylation is 2. The predicted molar refractivity (Wildman–Crippen MR) is 55.6 cm³/mol. The highest BCUT2D eigenvalue weighted by molar-refractivity contribution is 7.17. The Morgan fingerprint density at radius 2 is 2.15 bits per heavy atom. The van der Waals surface area contributed by atoms with Crippen LogP contribution in [0.25, 0.3) is 10.2 Å². The highest BCUT2D eigenvalue weighted by Crippen LogP contribution is 2.31. The van der Waals surface area contributed by atoms with Gasteiger partial charge >= 0.3 is 0 Å². The monoisotopic (exact) mass is 193 g/mol. The van der Waals surface area contributed by atoms with Gasteiger partial charge in [0.05, 0.1) is 22.8 Å². The topological polar surface area (TPSA) is 22.1 Å². The molecule has 68 valence electrons. The van der Waals surface area contributed by atoms with Crippen molar-refractivity contribution in [2.24, 2.45) is 0 Å². The summed E-state index contributed by atoms with van der Waals surface area (Å²) < 4.78 is 6.53. The van der Waals surface area contributed by atoms with E-state index in [2.05, 4.69) is 18.0 Å². The van der Waals surface area contributed by atoms with Gasteiger partial charge in [-0.1, -0.05) is 0 Å². The van der Waals surface area contributed by atoms with E-state index in [4.69, 9.17) is 4.74 Å². The first-order valence-electron chi connectivity index (χ1n) is 4.11. The summed E-state index contributed by atoms with van der Waals surface area (Å²) in [6.07, 6.45) is 0. The maximum absolute atomic E-state index is 5.27. The molecule has 1 aromatic carbocycles. The minimum atomic E-state index is 0.927. The van der Waals surface area contributed by atoms with Crippen molar-refractivity contribution < 1.29 is 4.74 Å². The standard InChI is InChI=1S/C10H11NOS/c1-6-4-8(12-3)7(2)9-10(6)13-5-11-9/h4-5H,1-3H3. The largest absolute Gasteiger partial charge is 0.496 e. The molecule has 0 saturated heterocycles. The molecule has 0 aliphatic carbocycles.